The molecule has 0 bridgehead atoms. The highest BCUT2D eigenvalue weighted by molar-refractivity contribution is 5.86. The first-order valence-electron chi connectivity index (χ1n) is 6.04. The molecule has 3 nitrogen and oxygen atoms in total. The summed E-state index contributed by atoms with van der Waals surface area (Å²) in [4.78, 5) is 22.7. The van der Waals surface area contributed by atoms with Crippen LogP contribution in [0.4, 0.5) is 4.39 Å². The molecule has 0 aromatic heterocycles. The maximum absolute atomic E-state index is 13.2. The third kappa shape index (κ3) is 3.15. The number of hydrogen-bond donors (Lipinski definition) is 0. The van der Waals surface area contributed by atoms with Crippen molar-refractivity contribution in [2.75, 3.05) is 0 Å². The van der Waals surface area contributed by atoms with Gasteiger partial charge in [0.05, 0.1) is 5.92 Å². The number of benzene rings is 1. The van der Waals surface area contributed by atoms with Gasteiger partial charge in [0.25, 0.3) is 0 Å². The molecule has 2 rings (SSSR count). The Hall–Kier alpha value is -1.71. The Morgan fingerprint density at radius 3 is 2.72 bits per heavy atom. The molecule has 96 valence electrons. The fourth-order valence-corrected chi connectivity index (χ4v) is 2.03. The van der Waals surface area contributed by atoms with Gasteiger partial charge in [-0.05, 0) is 18.4 Å². The van der Waals surface area contributed by atoms with Gasteiger partial charge < -0.3 is 4.74 Å². The Bertz CT molecular complexity index is 430. The number of rotatable bonds is 3. The predicted molar refractivity (Wildman–Crippen MR) is 63.5 cm³/mol. The van der Waals surface area contributed by atoms with Crippen LogP contribution in [0.3, 0.4) is 0 Å². The van der Waals surface area contributed by atoms with E-state index in [-0.39, 0.29) is 19.4 Å². The first-order valence-corrected chi connectivity index (χ1v) is 6.04. The predicted octanol–water partition coefficient (Wildman–Crippen LogP) is 2.44. The molecular formula is C14H15FO3. The van der Waals surface area contributed by atoms with Gasteiger partial charge in [-0.3, -0.25) is 9.59 Å². The fourth-order valence-electron chi connectivity index (χ4n) is 2.03. The molecule has 1 saturated carbocycles. The molecule has 0 amide bonds. The Kier molecular flexibility index (Phi) is 4.07. The number of carbonyl (C=O) groups is 2. The average Bonchev–Trinajstić information content (AvgIpc) is 2.40. The minimum absolute atomic E-state index is 0.0353. The molecule has 4 heteroatoms. The van der Waals surface area contributed by atoms with Gasteiger partial charge in [-0.2, -0.15) is 0 Å². The molecule has 1 aliphatic carbocycles. The summed E-state index contributed by atoms with van der Waals surface area (Å²) in [5.41, 5.74) is 0.898. The third-order valence-corrected chi connectivity index (χ3v) is 3.14. The largest absolute Gasteiger partial charge is 0.461 e. The van der Waals surface area contributed by atoms with Gasteiger partial charge in [0.2, 0.25) is 0 Å². The number of esters is 1. The third-order valence-electron chi connectivity index (χ3n) is 3.14. The van der Waals surface area contributed by atoms with Crippen LogP contribution in [0, 0.1) is 5.92 Å². The minimum atomic E-state index is -1.51. The van der Waals surface area contributed by atoms with Crippen LogP contribution in [0.1, 0.15) is 24.8 Å². The first-order chi connectivity index (χ1) is 8.66. The molecule has 0 unspecified atom stereocenters. The van der Waals surface area contributed by atoms with Gasteiger partial charge in [0.15, 0.2) is 12.0 Å². The standard InChI is InChI=1S/C14H15FO3/c15-12-8-11(6-7-13(12)16)14(17)18-9-10-4-2-1-3-5-10/h1-5,11-12H,6-9H2/t11-,12-/m0/s1. The lowest BCUT2D eigenvalue weighted by molar-refractivity contribution is -0.152. The summed E-state index contributed by atoms with van der Waals surface area (Å²) in [7, 11) is 0. The van der Waals surface area contributed by atoms with E-state index in [0.29, 0.717) is 6.42 Å². The summed E-state index contributed by atoms with van der Waals surface area (Å²) < 4.78 is 18.3. The number of ketones is 1. The van der Waals surface area contributed by atoms with Crippen molar-refractivity contribution >= 4 is 11.8 Å². The van der Waals surface area contributed by atoms with E-state index < -0.39 is 23.8 Å². The molecular weight excluding hydrogens is 235 g/mol. The molecule has 2 atom stereocenters. The second-order valence-corrected chi connectivity index (χ2v) is 4.50. The SMILES string of the molecule is O=C(OCc1ccccc1)[C@H]1CCC(=O)[C@@H](F)C1. The average molecular weight is 250 g/mol. The molecule has 1 aromatic rings. The number of Topliss-reactive ketones (excluding diaryl/α,β-unsaturated/α-hetero) is 1. The molecule has 0 N–H and O–H groups in total. The monoisotopic (exact) mass is 250 g/mol. The highest BCUT2D eigenvalue weighted by atomic mass is 19.1. The van der Waals surface area contributed by atoms with Gasteiger partial charge in [-0.25, -0.2) is 4.39 Å². The van der Waals surface area contributed by atoms with Crippen LogP contribution >= 0.6 is 0 Å². The van der Waals surface area contributed by atoms with E-state index in [1.165, 1.54) is 0 Å². The van der Waals surface area contributed by atoms with E-state index in [9.17, 15) is 14.0 Å². The number of carbonyl (C=O) groups excluding carboxylic acids is 2. The van der Waals surface area contributed by atoms with Crippen molar-refractivity contribution in [2.24, 2.45) is 5.92 Å². The topological polar surface area (TPSA) is 43.4 Å². The molecule has 0 radical (unpaired) electrons. The van der Waals surface area contributed by atoms with E-state index in [0.717, 1.165) is 5.56 Å². The van der Waals surface area contributed by atoms with Gasteiger partial charge in [-0.15, -0.1) is 0 Å². The van der Waals surface area contributed by atoms with Gasteiger partial charge in [-0.1, -0.05) is 30.3 Å². The smallest absolute Gasteiger partial charge is 0.309 e. The zero-order valence-electron chi connectivity index (χ0n) is 9.97. The van der Waals surface area contributed by atoms with Crippen LogP contribution in [0.5, 0.6) is 0 Å². The van der Waals surface area contributed by atoms with Crippen molar-refractivity contribution in [3.8, 4) is 0 Å². The fraction of sp³-hybridized carbons (Fsp3) is 0.429. The van der Waals surface area contributed by atoms with E-state index in [2.05, 4.69) is 0 Å². The lowest BCUT2D eigenvalue weighted by Crippen LogP contribution is -2.31. The van der Waals surface area contributed by atoms with Gasteiger partial charge in [0.1, 0.15) is 6.61 Å². The maximum atomic E-state index is 13.2. The quantitative estimate of drug-likeness (QED) is 0.774. The normalized spacial score (nSPS) is 23.7. The summed E-state index contributed by atoms with van der Waals surface area (Å²) >= 11 is 0. The summed E-state index contributed by atoms with van der Waals surface area (Å²) in [5.74, 6) is -1.29. The Morgan fingerprint density at radius 1 is 1.33 bits per heavy atom. The number of hydrogen-bond acceptors (Lipinski definition) is 3. The van der Waals surface area contributed by atoms with Crippen molar-refractivity contribution in [1.82, 2.24) is 0 Å². The number of halogens is 1. The Labute approximate surface area is 105 Å². The highest BCUT2D eigenvalue weighted by Gasteiger charge is 2.33. The zero-order valence-corrected chi connectivity index (χ0v) is 9.97. The van der Waals surface area contributed by atoms with Crippen molar-refractivity contribution in [2.45, 2.75) is 32.0 Å². The van der Waals surface area contributed by atoms with Gasteiger partial charge in [0, 0.05) is 6.42 Å². The number of ether oxygens (including phenoxy) is 1. The second-order valence-electron chi connectivity index (χ2n) is 4.50. The van der Waals surface area contributed by atoms with Crippen molar-refractivity contribution in [3.05, 3.63) is 35.9 Å². The minimum Gasteiger partial charge on any atom is -0.461 e. The lowest BCUT2D eigenvalue weighted by atomic mass is 9.87. The molecule has 0 aliphatic heterocycles. The second kappa shape index (κ2) is 5.76. The van der Waals surface area contributed by atoms with E-state index >= 15 is 0 Å². The molecule has 0 heterocycles. The van der Waals surface area contributed by atoms with Crippen LogP contribution in [-0.4, -0.2) is 17.9 Å². The van der Waals surface area contributed by atoms with Crippen molar-refractivity contribution in [1.29, 1.82) is 0 Å². The maximum Gasteiger partial charge on any atom is 0.309 e. The summed E-state index contributed by atoms with van der Waals surface area (Å²) in [5, 5.41) is 0. The van der Waals surface area contributed by atoms with E-state index in [1.54, 1.807) is 0 Å². The highest BCUT2D eigenvalue weighted by Crippen LogP contribution is 2.25. The van der Waals surface area contributed by atoms with Crippen LogP contribution in [0.2, 0.25) is 0 Å². The molecule has 18 heavy (non-hydrogen) atoms. The summed E-state index contributed by atoms with van der Waals surface area (Å²) in [6.45, 7) is 0.196. The molecule has 0 saturated heterocycles. The molecule has 1 aliphatic rings. The first kappa shape index (κ1) is 12.7. The zero-order chi connectivity index (χ0) is 13.0. The Balaban J connectivity index is 1.83. The van der Waals surface area contributed by atoms with Crippen LogP contribution in [0.25, 0.3) is 0 Å². The lowest BCUT2D eigenvalue weighted by Gasteiger charge is -2.22. The van der Waals surface area contributed by atoms with Crippen LogP contribution in [0.15, 0.2) is 30.3 Å². The van der Waals surface area contributed by atoms with Crippen molar-refractivity contribution < 1.29 is 18.7 Å². The summed E-state index contributed by atoms with van der Waals surface area (Å²) in [6, 6.07) is 9.32. The van der Waals surface area contributed by atoms with E-state index in [4.69, 9.17) is 4.74 Å². The van der Waals surface area contributed by atoms with Crippen LogP contribution < -0.4 is 0 Å². The number of alkyl halides is 1. The van der Waals surface area contributed by atoms with E-state index in [1.807, 2.05) is 30.3 Å². The molecule has 1 aromatic carbocycles. The molecule has 0 spiro atoms. The van der Waals surface area contributed by atoms with Crippen LogP contribution in [-0.2, 0) is 20.9 Å². The van der Waals surface area contributed by atoms with Gasteiger partial charge >= 0.3 is 5.97 Å². The Morgan fingerprint density at radius 2 is 2.06 bits per heavy atom. The van der Waals surface area contributed by atoms with Crippen molar-refractivity contribution in [3.63, 3.8) is 0 Å². The summed E-state index contributed by atoms with van der Waals surface area (Å²) in [6.07, 6.45) is -1.01. The molecule has 1 fully saturated rings.